The van der Waals surface area contributed by atoms with Gasteiger partial charge in [-0.05, 0) is 19.3 Å². The third-order valence-electron chi connectivity index (χ3n) is 3.01. The fraction of sp³-hybridized carbons (Fsp3) is 0.800. The summed E-state index contributed by atoms with van der Waals surface area (Å²) in [6, 6.07) is 2.02. The Hall–Kier alpha value is -0.880. The number of nitrogens with zero attached hydrogens (tertiary/aromatic N) is 1. The predicted molar refractivity (Wildman–Crippen MR) is 47.8 cm³/mol. The first kappa shape index (κ1) is 10.2. The lowest BCUT2D eigenvalue weighted by Crippen LogP contribution is -2.43. The lowest BCUT2D eigenvalue weighted by Gasteiger charge is -2.36. The van der Waals surface area contributed by atoms with Gasteiger partial charge in [-0.15, -0.1) is 0 Å². The molecule has 2 atom stereocenters. The Morgan fingerprint density at radius 2 is 2.46 bits per heavy atom. The third-order valence-corrected chi connectivity index (χ3v) is 3.01. The van der Waals surface area contributed by atoms with Crippen LogP contribution in [0.15, 0.2) is 0 Å². The van der Waals surface area contributed by atoms with Crippen LogP contribution in [0.2, 0.25) is 0 Å². The molecule has 0 aromatic rings. The van der Waals surface area contributed by atoms with Crippen LogP contribution in [0.3, 0.4) is 0 Å². The number of hydrogen-bond donors (Lipinski definition) is 1. The summed E-state index contributed by atoms with van der Waals surface area (Å²) in [6.45, 7) is 1.77. The number of carbonyl (C=O) groups excluding carboxylic acids is 1. The van der Waals surface area contributed by atoms with Gasteiger partial charge in [-0.3, -0.25) is 4.79 Å². The van der Waals surface area contributed by atoms with Crippen molar-refractivity contribution in [3.8, 4) is 6.07 Å². The normalized spacial score (nSPS) is 34.2. The lowest BCUT2D eigenvalue weighted by molar-refractivity contribution is -0.139. The molecule has 1 fully saturated rings. The van der Waals surface area contributed by atoms with Gasteiger partial charge in [-0.2, -0.15) is 5.26 Å². The van der Waals surface area contributed by atoms with E-state index in [-0.39, 0.29) is 5.78 Å². The highest BCUT2D eigenvalue weighted by Gasteiger charge is 2.41. The molecule has 13 heavy (non-hydrogen) atoms. The van der Waals surface area contributed by atoms with E-state index in [1.807, 2.05) is 6.07 Å². The Labute approximate surface area is 78.4 Å². The summed E-state index contributed by atoms with van der Waals surface area (Å²) in [4.78, 5) is 11.6. The highest BCUT2D eigenvalue weighted by molar-refractivity contribution is 5.85. The first-order valence-electron chi connectivity index (χ1n) is 4.69. The molecule has 0 radical (unpaired) electrons. The molecule has 1 N–H and O–H groups in total. The summed E-state index contributed by atoms with van der Waals surface area (Å²) in [6.07, 6.45) is 2.31. The molecule has 0 unspecified atom stereocenters. The number of Topliss-reactive ketones (excluding diaryl/α,β-unsaturated/α-hetero) is 1. The Bertz CT molecular complexity index is 244. The van der Waals surface area contributed by atoms with E-state index in [0.717, 1.165) is 6.42 Å². The average molecular weight is 181 g/mol. The molecule has 1 rings (SSSR count). The van der Waals surface area contributed by atoms with Crippen molar-refractivity contribution in [3.05, 3.63) is 0 Å². The number of ketones is 1. The monoisotopic (exact) mass is 181 g/mol. The fourth-order valence-corrected chi connectivity index (χ4v) is 1.87. The summed E-state index contributed by atoms with van der Waals surface area (Å²) in [5.41, 5.74) is -0.659. The highest BCUT2D eigenvalue weighted by Crippen LogP contribution is 2.36. The van der Waals surface area contributed by atoms with E-state index in [9.17, 15) is 9.90 Å². The van der Waals surface area contributed by atoms with Crippen LogP contribution in [0.25, 0.3) is 0 Å². The number of aliphatic hydroxyl groups excluding tert-OH is 1. The molecule has 0 aromatic heterocycles. The predicted octanol–water partition coefficient (Wildman–Crippen LogP) is 1.41. The van der Waals surface area contributed by atoms with Crippen LogP contribution in [-0.2, 0) is 4.79 Å². The van der Waals surface area contributed by atoms with Crippen molar-refractivity contribution in [2.75, 3.05) is 0 Å². The van der Waals surface area contributed by atoms with E-state index in [4.69, 9.17) is 5.26 Å². The molecule has 0 saturated heterocycles. The molecular weight excluding hydrogens is 166 g/mol. The molecule has 3 nitrogen and oxygen atoms in total. The van der Waals surface area contributed by atoms with Crippen molar-refractivity contribution in [2.24, 2.45) is 5.41 Å². The molecule has 0 amide bonds. The Morgan fingerprint density at radius 3 is 3.00 bits per heavy atom. The van der Waals surface area contributed by atoms with E-state index < -0.39 is 11.5 Å². The second kappa shape index (κ2) is 3.89. The van der Waals surface area contributed by atoms with E-state index in [1.54, 1.807) is 6.92 Å². The molecule has 3 heteroatoms. The molecular formula is C10H15NO2. The zero-order chi connectivity index (χ0) is 9.90. The van der Waals surface area contributed by atoms with Crippen molar-refractivity contribution < 1.29 is 9.90 Å². The molecule has 0 bridgehead atoms. The maximum absolute atomic E-state index is 11.6. The minimum atomic E-state index is -0.659. The molecule has 0 aliphatic heterocycles. The molecule has 0 aromatic carbocycles. The molecule has 0 heterocycles. The average Bonchev–Trinajstić information content (AvgIpc) is 2.11. The smallest absolute Gasteiger partial charge is 0.141 e. The third kappa shape index (κ3) is 1.89. The van der Waals surface area contributed by atoms with Crippen LogP contribution in [0.1, 0.15) is 39.0 Å². The van der Waals surface area contributed by atoms with Gasteiger partial charge in [0.1, 0.15) is 5.78 Å². The second-order valence-electron chi connectivity index (χ2n) is 3.91. The van der Waals surface area contributed by atoms with Gasteiger partial charge in [-0.1, -0.05) is 6.92 Å². The number of rotatable bonds is 2. The summed E-state index contributed by atoms with van der Waals surface area (Å²) in [7, 11) is 0. The van der Waals surface area contributed by atoms with Gasteiger partial charge in [0, 0.05) is 12.8 Å². The highest BCUT2D eigenvalue weighted by atomic mass is 16.3. The Balaban J connectivity index is 2.70. The van der Waals surface area contributed by atoms with Crippen LogP contribution in [0.5, 0.6) is 0 Å². The first-order chi connectivity index (χ1) is 6.11. The van der Waals surface area contributed by atoms with Crippen molar-refractivity contribution in [1.82, 2.24) is 0 Å². The lowest BCUT2D eigenvalue weighted by atomic mass is 9.70. The maximum atomic E-state index is 11.6. The van der Waals surface area contributed by atoms with Gasteiger partial charge in [0.15, 0.2) is 0 Å². The topological polar surface area (TPSA) is 61.1 Å². The number of aliphatic hydroxyl groups is 1. The van der Waals surface area contributed by atoms with E-state index in [1.165, 1.54) is 0 Å². The van der Waals surface area contributed by atoms with E-state index in [0.29, 0.717) is 25.7 Å². The zero-order valence-electron chi connectivity index (χ0n) is 7.92. The Morgan fingerprint density at radius 1 is 1.77 bits per heavy atom. The van der Waals surface area contributed by atoms with Crippen LogP contribution in [-0.4, -0.2) is 17.0 Å². The van der Waals surface area contributed by atoms with Crippen LogP contribution < -0.4 is 0 Å². The standard InChI is InChI=1S/C10H15NO2/c1-10(6-3-7-11)8(12)4-2-5-9(10)13/h8,12H,2-6H2,1H3/t8-,10-/m0/s1. The Kier molecular flexibility index (Phi) is 3.05. The van der Waals surface area contributed by atoms with Gasteiger partial charge < -0.3 is 5.11 Å². The van der Waals surface area contributed by atoms with E-state index in [2.05, 4.69) is 0 Å². The van der Waals surface area contributed by atoms with Gasteiger partial charge in [-0.25, -0.2) is 0 Å². The summed E-state index contributed by atoms with van der Waals surface area (Å²) in [5.74, 6) is 0.113. The second-order valence-corrected chi connectivity index (χ2v) is 3.91. The van der Waals surface area contributed by atoms with Crippen LogP contribution in [0, 0.1) is 16.7 Å². The van der Waals surface area contributed by atoms with E-state index >= 15 is 0 Å². The van der Waals surface area contributed by atoms with Gasteiger partial charge >= 0.3 is 0 Å². The molecule has 0 spiro atoms. The summed E-state index contributed by atoms with van der Waals surface area (Å²) in [5, 5.41) is 18.1. The van der Waals surface area contributed by atoms with Crippen LogP contribution in [0.4, 0.5) is 0 Å². The SMILES string of the molecule is C[C@@]1(CCC#N)C(=O)CCC[C@@H]1O. The quantitative estimate of drug-likeness (QED) is 0.700. The van der Waals surface area contributed by atoms with Crippen molar-refractivity contribution in [3.63, 3.8) is 0 Å². The number of carbonyl (C=O) groups is 1. The zero-order valence-corrected chi connectivity index (χ0v) is 7.92. The van der Waals surface area contributed by atoms with Gasteiger partial charge in [0.05, 0.1) is 17.6 Å². The summed E-state index contributed by atoms with van der Waals surface area (Å²) < 4.78 is 0. The van der Waals surface area contributed by atoms with Gasteiger partial charge in [0.25, 0.3) is 0 Å². The molecule has 1 saturated carbocycles. The number of nitriles is 1. The first-order valence-corrected chi connectivity index (χ1v) is 4.69. The molecule has 1 aliphatic rings. The molecule has 72 valence electrons. The van der Waals surface area contributed by atoms with Gasteiger partial charge in [0.2, 0.25) is 0 Å². The minimum absolute atomic E-state index is 0.113. The number of hydrogen-bond acceptors (Lipinski definition) is 3. The minimum Gasteiger partial charge on any atom is -0.392 e. The summed E-state index contributed by atoms with van der Waals surface area (Å²) >= 11 is 0. The van der Waals surface area contributed by atoms with Crippen molar-refractivity contribution in [1.29, 1.82) is 5.26 Å². The van der Waals surface area contributed by atoms with Crippen LogP contribution >= 0.6 is 0 Å². The van der Waals surface area contributed by atoms with Crippen molar-refractivity contribution >= 4 is 5.78 Å². The maximum Gasteiger partial charge on any atom is 0.141 e. The van der Waals surface area contributed by atoms with Crippen molar-refractivity contribution in [2.45, 2.75) is 45.1 Å². The fourth-order valence-electron chi connectivity index (χ4n) is 1.87. The largest absolute Gasteiger partial charge is 0.392 e. The molecule has 1 aliphatic carbocycles.